The second-order valence-corrected chi connectivity index (χ2v) is 31.5. The maximum atomic E-state index is 13.1. The average molecular weight is 1400 g/mol. The van der Waals surface area contributed by atoms with E-state index in [9.17, 15) is 43.2 Å². The van der Waals surface area contributed by atoms with E-state index in [4.69, 9.17) is 37.0 Å². The van der Waals surface area contributed by atoms with Crippen LogP contribution in [0.3, 0.4) is 0 Å². The molecule has 0 aromatic rings. The second kappa shape index (κ2) is 66.6. The number of phosphoric ester groups is 2. The second-order valence-electron chi connectivity index (χ2n) is 28.6. The maximum Gasteiger partial charge on any atom is 0.472 e. The van der Waals surface area contributed by atoms with Crippen LogP contribution in [-0.2, 0) is 65.4 Å². The van der Waals surface area contributed by atoms with Crippen LogP contribution >= 0.6 is 15.6 Å². The first-order valence-corrected chi connectivity index (χ1v) is 42.4. The van der Waals surface area contributed by atoms with Crippen LogP contribution in [0.1, 0.15) is 389 Å². The fourth-order valence-electron chi connectivity index (χ4n) is 11.6. The number of ether oxygens (including phenoxy) is 4. The monoisotopic (exact) mass is 1400 g/mol. The highest BCUT2D eigenvalue weighted by atomic mass is 31.2. The molecule has 95 heavy (non-hydrogen) atoms. The Hall–Kier alpha value is -1.94. The molecule has 0 aromatic heterocycles. The van der Waals surface area contributed by atoms with Gasteiger partial charge in [-0.2, -0.15) is 0 Å². The van der Waals surface area contributed by atoms with Crippen molar-refractivity contribution in [2.45, 2.75) is 407 Å². The van der Waals surface area contributed by atoms with Gasteiger partial charge in [0.05, 0.1) is 26.4 Å². The van der Waals surface area contributed by atoms with Crippen molar-refractivity contribution in [3.63, 3.8) is 0 Å². The lowest BCUT2D eigenvalue weighted by molar-refractivity contribution is -0.161. The van der Waals surface area contributed by atoms with Gasteiger partial charge in [0.15, 0.2) is 12.2 Å². The minimum absolute atomic E-state index is 0.106. The third-order valence-electron chi connectivity index (χ3n) is 18.0. The van der Waals surface area contributed by atoms with Crippen LogP contribution < -0.4 is 0 Å². The summed E-state index contributed by atoms with van der Waals surface area (Å²) in [6.45, 7) is 11.9. The molecule has 0 saturated carbocycles. The summed E-state index contributed by atoms with van der Waals surface area (Å²) in [4.78, 5) is 72.8. The molecule has 3 unspecified atom stereocenters. The summed E-state index contributed by atoms with van der Waals surface area (Å²) in [5, 5.41) is 10.6. The van der Waals surface area contributed by atoms with E-state index in [0.29, 0.717) is 25.7 Å². The molecule has 564 valence electrons. The zero-order valence-electron chi connectivity index (χ0n) is 62.1. The molecule has 17 nitrogen and oxygen atoms in total. The number of carbonyl (C=O) groups excluding carboxylic acids is 4. The third kappa shape index (κ3) is 69.0. The van der Waals surface area contributed by atoms with Crippen molar-refractivity contribution in [1.82, 2.24) is 0 Å². The van der Waals surface area contributed by atoms with Gasteiger partial charge in [-0.25, -0.2) is 9.13 Å². The molecular formula is C76H148O17P2. The van der Waals surface area contributed by atoms with E-state index in [1.165, 1.54) is 193 Å². The molecule has 0 aliphatic heterocycles. The normalized spacial score (nSPS) is 14.4. The van der Waals surface area contributed by atoms with Crippen molar-refractivity contribution in [2.24, 2.45) is 17.8 Å². The van der Waals surface area contributed by atoms with Crippen molar-refractivity contribution >= 4 is 39.5 Å². The van der Waals surface area contributed by atoms with Gasteiger partial charge in [0, 0.05) is 25.7 Å². The fraction of sp³-hybridized carbons (Fsp3) is 0.947. The van der Waals surface area contributed by atoms with Crippen molar-refractivity contribution < 1.29 is 80.2 Å². The van der Waals surface area contributed by atoms with Gasteiger partial charge in [-0.3, -0.25) is 37.3 Å². The SMILES string of the molecule is CCCCCCCCCCCCCC(=O)O[C@H](COC(=O)CCCCCCCCC(C)CC)COP(=O)(O)OC[C@H](O)COP(=O)(O)OC[C@@H](COC(=O)CCCCCCCCCCCCCCC(C)C)OC(=O)CCCCCCCCCCCCCCCCCCC(C)C. The van der Waals surface area contributed by atoms with E-state index in [2.05, 4.69) is 48.5 Å². The summed E-state index contributed by atoms with van der Waals surface area (Å²) in [5.74, 6) is 0.204. The molecule has 0 radical (unpaired) electrons. The molecular weight excluding hydrogens is 1250 g/mol. The van der Waals surface area contributed by atoms with Gasteiger partial charge >= 0.3 is 39.5 Å². The molecule has 0 aromatic carbocycles. The molecule has 0 amide bonds. The highest BCUT2D eigenvalue weighted by Crippen LogP contribution is 2.45. The van der Waals surface area contributed by atoms with E-state index in [0.717, 1.165) is 114 Å². The summed E-state index contributed by atoms with van der Waals surface area (Å²) in [5.41, 5.74) is 0. The van der Waals surface area contributed by atoms with Crippen LogP contribution in [0.2, 0.25) is 0 Å². The first-order valence-electron chi connectivity index (χ1n) is 39.4. The van der Waals surface area contributed by atoms with Gasteiger partial charge in [0.25, 0.3) is 0 Å². The molecule has 0 heterocycles. The molecule has 0 rings (SSSR count). The molecule has 6 atom stereocenters. The molecule has 0 aliphatic carbocycles. The van der Waals surface area contributed by atoms with Crippen molar-refractivity contribution in [3.05, 3.63) is 0 Å². The van der Waals surface area contributed by atoms with Crippen molar-refractivity contribution in [3.8, 4) is 0 Å². The number of hydrogen-bond acceptors (Lipinski definition) is 15. The zero-order valence-corrected chi connectivity index (χ0v) is 63.9. The standard InChI is InChI=1S/C76H148O17P2/c1-8-10-11-12-13-14-23-31-36-45-52-59-75(80)93-72(64-87-74(79)58-51-44-39-38-42-49-56-69(7)9-2)66-91-95(84,85)89-62-70(77)61-88-94(82,83)90-65-71(63-86-73(78)57-50-43-35-30-26-22-21-25-29-34-41-48-55-68(5)6)92-76(81)60-53-46-37-32-27-20-18-16-15-17-19-24-28-33-40-47-54-67(3)4/h67-72,77H,8-66H2,1-7H3,(H,82,83)(H,84,85)/t69?,70-,71-,72-/m1/s1. The number of aliphatic hydroxyl groups excluding tert-OH is 1. The molecule has 0 bridgehead atoms. The summed E-state index contributed by atoms with van der Waals surface area (Å²) >= 11 is 0. The first-order chi connectivity index (χ1) is 45.8. The largest absolute Gasteiger partial charge is 0.472 e. The van der Waals surface area contributed by atoms with E-state index in [1.54, 1.807) is 0 Å². The number of esters is 4. The minimum atomic E-state index is -4.96. The molecule has 0 aliphatic rings. The van der Waals surface area contributed by atoms with Crippen LogP contribution in [-0.4, -0.2) is 96.7 Å². The topological polar surface area (TPSA) is 237 Å². The van der Waals surface area contributed by atoms with Crippen LogP contribution in [0, 0.1) is 17.8 Å². The summed E-state index contributed by atoms with van der Waals surface area (Å²) in [6, 6.07) is 0. The Kier molecular flexibility index (Phi) is 65.2. The third-order valence-corrected chi connectivity index (χ3v) is 19.9. The lowest BCUT2D eigenvalue weighted by Gasteiger charge is -2.21. The first kappa shape index (κ1) is 93.1. The molecule has 0 saturated heterocycles. The number of rotatable bonds is 74. The highest BCUT2D eigenvalue weighted by Gasteiger charge is 2.30. The Bertz CT molecular complexity index is 1850. The van der Waals surface area contributed by atoms with Crippen LogP contribution in [0.4, 0.5) is 0 Å². The number of unbranched alkanes of at least 4 members (excludes halogenated alkanes) is 41. The van der Waals surface area contributed by atoms with Gasteiger partial charge in [-0.15, -0.1) is 0 Å². The lowest BCUT2D eigenvalue weighted by atomic mass is 10.00. The van der Waals surface area contributed by atoms with Crippen LogP contribution in [0.5, 0.6) is 0 Å². The Balaban J connectivity index is 5.23. The van der Waals surface area contributed by atoms with E-state index >= 15 is 0 Å². The molecule has 0 spiro atoms. The number of carbonyl (C=O) groups is 4. The fourth-order valence-corrected chi connectivity index (χ4v) is 13.1. The zero-order chi connectivity index (χ0) is 70.1. The molecule has 19 heteroatoms. The Labute approximate surface area is 581 Å². The van der Waals surface area contributed by atoms with Crippen LogP contribution in [0.15, 0.2) is 0 Å². The summed E-state index contributed by atoms with van der Waals surface area (Å²) < 4.78 is 68.5. The Morgan fingerprint density at radius 1 is 0.305 bits per heavy atom. The highest BCUT2D eigenvalue weighted by molar-refractivity contribution is 7.47. The quantitative estimate of drug-likeness (QED) is 0.0222. The van der Waals surface area contributed by atoms with E-state index in [-0.39, 0.29) is 25.7 Å². The molecule has 0 fully saturated rings. The van der Waals surface area contributed by atoms with Gasteiger partial charge in [0.2, 0.25) is 0 Å². The predicted molar refractivity (Wildman–Crippen MR) is 386 cm³/mol. The lowest BCUT2D eigenvalue weighted by Crippen LogP contribution is -2.30. The maximum absolute atomic E-state index is 13.1. The smallest absolute Gasteiger partial charge is 0.462 e. The van der Waals surface area contributed by atoms with E-state index in [1.807, 2.05) is 0 Å². The Morgan fingerprint density at radius 2 is 0.537 bits per heavy atom. The minimum Gasteiger partial charge on any atom is -0.462 e. The predicted octanol–water partition coefficient (Wildman–Crippen LogP) is 22.2. The van der Waals surface area contributed by atoms with Crippen LogP contribution in [0.25, 0.3) is 0 Å². The van der Waals surface area contributed by atoms with E-state index < -0.39 is 97.5 Å². The van der Waals surface area contributed by atoms with Gasteiger partial charge in [-0.1, -0.05) is 337 Å². The number of aliphatic hydroxyl groups is 1. The summed E-state index contributed by atoms with van der Waals surface area (Å²) in [7, 11) is -9.91. The molecule has 3 N–H and O–H groups in total. The average Bonchev–Trinajstić information content (AvgIpc) is 1.30. The van der Waals surface area contributed by atoms with Crippen molar-refractivity contribution in [1.29, 1.82) is 0 Å². The van der Waals surface area contributed by atoms with Gasteiger partial charge in [0.1, 0.15) is 19.3 Å². The van der Waals surface area contributed by atoms with Gasteiger partial charge < -0.3 is 33.8 Å². The van der Waals surface area contributed by atoms with Crippen molar-refractivity contribution in [2.75, 3.05) is 39.6 Å². The number of phosphoric acid groups is 2. The number of hydrogen-bond donors (Lipinski definition) is 3. The van der Waals surface area contributed by atoms with Gasteiger partial charge in [-0.05, 0) is 43.4 Å². The Morgan fingerprint density at radius 3 is 0.800 bits per heavy atom. The summed E-state index contributed by atoms with van der Waals surface area (Å²) in [6.07, 6.45) is 52.7.